The molecule has 3 aromatic rings. The van der Waals surface area contributed by atoms with Gasteiger partial charge in [0.2, 0.25) is 5.91 Å². The Morgan fingerprint density at radius 2 is 1.45 bits per heavy atom. The highest BCUT2D eigenvalue weighted by Crippen LogP contribution is 2.55. The van der Waals surface area contributed by atoms with Crippen LogP contribution in [0.4, 0.5) is 0 Å². The summed E-state index contributed by atoms with van der Waals surface area (Å²) in [6.07, 6.45) is -8.39. The lowest BCUT2D eigenvalue weighted by Gasteiger charge is -2.48. The maximum absolute atomic E-state index is 14.5. The summed E-state index contributed by atoms with van der Waals surface area (Å²) >= 11 is 0. The van der Waals surface area contributed by atoms with Crippen molar-refractivity contribution in [3.63, 3.8) is 0 Å². The minimum absolute atomic E-state index is 0.0349. The second-order valence-electron chi connectivity index (χ2n) is 19.1. The van der Waals surface area contributed by atoms with E-state index in [1.165, 1.54) is 0 Å². The van der Waals surface area contributed by atoms with E-state index in [9.17, 15) is 24.8 Å². The maximum Gasteiger partial charge on any atom is 0.475 e. The number of esters is 1. The zero-order chi connectivity index (χ0) is 49.8. The number of fused-ring (bicyclic) bond motifs is 1. The topological polar surface area (TPSA) is 225 Å². The molecule has 0 aliphatic carbocycles. The minimum Gasteiger partial charge on any atom is -0.462 e. The largest absolute Gasteiger partial charge is 0.475 e. The van der Waals surface area contributed by atoms with Gasteiger partial charge in [-0.15, -0.1) is 0 Å². The van der Waals surface area contributed by atoms with Crippen LogP contribution in [-0.4, -0.2) is 99.8 Å². The Hall–Kier alpha value is -4.04. The summed E-state index contributed by atoms with van der Waals surface area (Å²) in [4.78, 5) is 29.4. The highest BCUT2D eigenvalue weighted by atomic mass is 31.2. The van der Waals surface area contributed by atoms with E-state index in [4.69, 9.17) is 46.4 Å². The summed E-state index contributed by atoms with van der Waals surface area (Å²) in [6.45, 7) is 15.4. The molecular weight excluding hydrogens is 928 g/mol. The summed E-state index contributed by atoms with van der Waals surface area (Å²) in [5.41, 5.74) is 13.0. The van der Waals surface area contributed by atoms with Crippen LogP contribution in [0.25, 0.3) is 10.4 Å². The molecule has 378 valence electrons. The Morgan fingerprint density at radius 3 is 2.03 bits per heavy atom. The number of aliphatic hydroxyl groups excluding tert-OH is 1. The van der Waals surface area contributed by atoms with Gasteiger partial charge in [0.25, 0.3) is 0 Å². The molecule has 0 radical (unpaired) electrons. The van der Waals surface area contributed by atoms with Crippen LogP contribution < -0.4 is 5.32 Å². The van der Waals surface area contributed by atoms with Gasteiger partial charge in [-0.05, 0) is 52.3 Å². The molecule has 0 bridgehead atoms. The Morgan fingerprint density at radius 1 is 0.870 bits per heavy atom. The normalized spacial score (nSPS) is 27.5. The average Bonchev–Trinajstić information content (AvgIpc) is 3.49. The van der Waals surface area contributed by atoms with Gasteiger partial charge in [-0.1, -0.05) is 132 Å². The van der Waals surface area contributed by atoms with Crippen LogP contribution in [0.1, 0.15) is 83.1 Å². The van der Waals surface area contributed by atoms with Crippen molar-refractivity contribution in [2.24, 2.45) is 11.0 Å². The Kier molecular flexibility index (Phi) is 19.6. The number of hydrogen-bond acceptors (Lipinski definition) is 15. The molecule has 2 fully saturated rings. The molecule has 0 spiro atoms. The van der Waals surface area contributed by atoms with Crippen molar-refractivity contribution in [3.8, 4) is 0 Å². The first-order chi connectivity index (χ1) is 32.9. The minimum atomic E-state index is -4.29. The molecule has 2 N–H and O–H groups in total. The molecule has 2 saturated heterocycles. The number of benzene rings is 3. The van der Waals surface area contributed by atoms with Crippen molar-refractivity contribution in [1.29, 1.82) is 0 Å². The van der Waals surface area contributed by atoms with Crippen molar-refractivity contribution in [2.75, 3.05) is 13.2 Å². The first kappa shape index (κ1) is 54.3. The zero-order valence-electron chi connectivity index (χ0n) is 40.8. The fourth-order valence-electron chi connectivity index (χ4n) is 7.96. The van der Waals surface area contributed by atoms with Crippen LogP contribution in [0.2, 0.25) is 18.1 Å². The molecule has 3 aromatic carbocycles. The van der Waals surface area contributed by atoms with E-state index in [0.717, 1.165) is 22.3 Å². The lowest BCUT2D eigenvalue weighted by atomic mass is 9.88. The number of hydrogen-bond donors (Lipinski definition) is 2. The average molecular weight is 997 g/mol. The number of nitrogens with one attached hydrogen (secondary N) is 1. The molecule has 6 rings (SSSR count). The Labute approximate surface area is 406 Å². The summed E-state index contributed by atoms with van der Waals surface area (Å²) in [5.74, 6) is -1.65. The quantitative estimate of drug-likeness (QED) is 0.0254. The third kappa shape index (κ3) is 14.8. The maximum atomic E-state index is 14.5. The second-order valence-corrected chi connectivity index (χ2v) is 25.5. The monoisotopic (exact) mass is 996 g/mol. The van der Waals surface area contributed by atoms with Crippen molar-refractivity contribution in [2.45, 2.75) is 167 Å². The van der Waals surface area contributed by atoms with Gasteiger partial charge in [0.15, 0.2) is 20.9 Å². The van der Waals surface area contributed by atoms with Gasteiger partial charge < -0.3 is 43.3 Å². The van der Waals surface area contributed by atoms with Crippen molar-refractivity contribution in [1.82, 2.24) is 5.32 Å². The SMILES string of the molecule is CCC(=O)O[C@H](CC)CC(=O)NC1[C@H](OCC2OC(O[Si](C)(C)C(C)(C)C)C(N=[N+]=[N-])[C@@H](O)[C@H]2OCc2ccccc2)OC(COCc2ccccc2)[C@@H](OP2(=O)OCc3ccccc3CO2)[C@@H]1C. The lowest BCUT2D eigenvalue weighted by Crippen LogP contribution is -2.64. The number of phosphoric ester groups is 1. The van der Waals surface area contributed by atoms with Crippen molar-refractivity contribution < 1.29 is 65.7 Å². The predicted molar refractivity (Wildman–Crippen MR) is 256 cm³/mol. The van der Waals surface area contributed by atoms with E-state index in [1.807, 2.05) is 105 Å². The number of carbonyl (C=O) groups is 2. The third-order valence-electron chi connectivity index (χ3n) is 13.1. The van der Waals surface area contributed by atoms with Crippen LogP contribution in [0, 0.1) is 5.92 Å². The number of ether oxygens (including phenoxy) is 6. The number of aliphatic hydroxyl groups is 1. The molecule has 0 saturated carbocycles. The van der Waals surface area contributed by atoms with Crippen molar-refractivity contribution in [3.05, 3.63) is 118 Å². The smallest absolute Gasteiger partial charge is 0.462 e. The van der Waals surface area contributed by atoms with E-state index in [2.05, 4.69) is 36.1 Å². The highest BCUT2D eigenvalue weighted by molar-refractivity contribution is 7.48. The van der Waals surface area contributed by atoms with Gasteiger partial charge in [-0.25, -0.2) is 4.57 Å². The molecule has 5 unspecified atom stereocenters. The van der Waals surface area contributed by atoms with Gasteiger partial charge in [0.1, 0.15) is 36.6 Å². The first-order valence-electron chi connectivity index (χ1n) is 23.7. The van der Waals surface area contributed by atoms with Gasteiger partial charge in [0, 0.05) is 17.3 Å². The molecule has 20 heteroatoms. The van der Waals surface area contributed by atoms with Gasteiger partial charge in [-0.3, -0.25) is 23.2 Å². The highest BCUT2D eigenvalue weighted by Gasteiger charge is 2.53. The molecule has 11 atom stereocenters. The summed E-state index contributed by atoms with van der Waals surface area (Å²) < 4.78 is 77.7. The van der Waals surface area contributed by atoms with E-state index in [1.54, 1.807) is 13.8 Å². The van der Waals surface area contributed by atoms with Crippen LogP contribution >= 0.6 is 7.82 Å². The Bertz CT molecular complexity index is 2190. The molecule has 18 nitrogen and oxygen atoms in total. The van der Waals surface area contributed by atoms with E-state index >= 15 is 0 Å². The molecule has 69 heavy (non-hydrogen) atoms. The molecule has 3 aliphatic heterocycles. The van der Waals surface area contributed by atoms with E-state index in [-0.39, 0.29) is 57.5 Å². The number of nitrogens with zero attached hydrogens (tertiary/aromatic N) is 3. The number of carbonyl (C=O) groups excluding carboxylic acids is 2. The number of amides is 1. The Balaban J connectivity index is 1.33. The predicted octanol–water partition coefficient (Wildman–Crippen LogP) is 8.80. The molecular formula is C49H69N4O14PSi. The van der Waals surface area contributed by atoms with Crippen LogP contribution in [-0.2, 0) is 87.0 Å². The summed E-state index contributed by atoms with van der Waals surface area (Å²) in [5, 5.41) is 18.8. The van der Waals surface area contributed by atoms with E-state index < -0.39 is 95.2 Å². The number of azide groups is 1. The number of phosphoric acid groups is 1. The molecule has 3 aliphatic rings. The zero-order valence-corrected chi connectivity index (χ0v) is 42.7. The second kappa shape index (κ2) is 24.9. The van der Waals surface area contributed by atoms with E-state index in [0.29, 0.717) is 6.42 Å². The molecule has 0 aromatic heterocycles. The van der Waals surface area contributed by atoms with Gasteiger partial charge in [0.05, 0.1) is 58.2 Å². The number of rotatable bonds is 21. The van der Waals surface area contributed by atoms with Gasteiger partial charge >= 0.3 is 13.8 Å². The van der Waals surface area contributed by atoms with Gasteiger partial charge in [-0.2, -0.15) is 0 Å². The van der Waals surface area contributed by atoms with Crippen molar-refractivity contribution >= 4 is 28.0 Å². The lowest BCUT2D eigenvalue weighted by molar-refractivity contribution is -0.293. The third-order valence-corrected chi connectivity index (χ3v) is 18.9. The standard InChI is InChI=1S/C49H69N4O14PSi/c1-9-37(63-41(55)10-2)25-40(54)51-42-32(3)45(66-68(57)61-28-35-23-17-18-24-36(35)29-62-68)38(30-58-26-33-19-13-11-14-20-33)64-47(42)60-31-39-46(59-27-34-21-15-12-16-22-34)44(56)43(52-53-50)48(65-39)67-69(7,8)49(4,5)6/h11-24,32,37-39,42-48,56H,9-10,25-31H2,1-8H3,(H,51,54)/t32-,37-,38?,39?,42?,43?,44-,45+,46+,47-,48?/m1/s1. The van der Waals surface area contributed by atoms with Crippen LogP contribution in [0.3, 0.4) is 0 Å². The summed E-state index contributed by atoms with van der Waals surface area (Å²) in [7, 11) is -6.91. The fraction of sp³-hybridized carbons (Fsp3) is 0.592. The van der Waals surface area contributed by atoms with Crippen LogP contribution in [0.15, 0.2) is 90.0 Å². The first-order valence-corrected chi connectivity index (χ1v) is 28.0. The van der Waals surface area contributed by atoms with Crippen LogP contribution in [0.5, 0.6) is 0 Å². The molecule has 3 heterocycles. The summed E-state index contributed by atoms with van der Waals surface area (Å²) in [6, 6.07) is 24.2. The molecule has 1 amide bonds. The fourth-order valence-corrected chi connectivity index (χ4v) is 10.5.